The predicted octanol–water partition coefficient (Wildman–Crippen LogP) is 2.42. The normalized spacial score (nSPS) is 12.7. The van der Waals surface area contributed by atoms with E-state index in [-0.39, 0.29) is 11.9 Å². The Bertz CT molecular complexity index is 541. The highest BCUT2D eigenvalue weighted by atomic mass is 79.9. The fourth-order valence-electron chi connectivity index (χ4n) is 1.88. The lowest BCUT2D eigenvalue weighted by Gasteiger charge is -2.19. The van der Waals surface area contributed by atoms with E-state index in [0.717, 1.165) is 17.8 Å². The molecule has 1 aromatic heterocycles. The van der Waals surface area contributed by atoms with Crippen molar-refractivity contribution in [3.8, 4) is 0 Å². The average Bonchev–Trinajstić information content (AvgIpc) is 2.76. The van der Waals surface area contributed by atoms with Crippen LogP contribution in [0.25, 0.3) is 0 Å². The van der Waals surface area contributed by atoms with Crippen molar-refractivity contribution in [1.82, 2.24) is 20.3 Å². The molecule has 0 aliphatic heterocycles. The van der Waals surface area contributed by atoms with E-state index in [1.807, 2.05) is 20.0 Å². The predicted molar refractivity (Wildman–Crippen MR) is 70.6 cm³/mol. The van der Waals surface area contributed by atoms with Gasteiger partial charge in [-0.3, -0.25) is 4.68 Å². The number of nitrogens with one attached hydrogen (secondary N) is 1. The first-order valence-electron chi connectivity index (χ1n) is 5.67. The standard InChI is InChI=1S/C12H14BrFN4/c1-3-15-12(10-7-16-17-18(10)2)8-5-4-6-9(14)11(8)13/h4-7,12,15H,3H2,1-2H3. The molecule has 1 N–H and O–H groups in total. The van der Waals surface area contributed by atoms with Crippen LogP contribution in [0.4, 0.5) is 4.39 Å². The Kier molecular flexibility index (Phi) is 4.08. The maximum Gasteiger partial charge on any atom is 0.137 e. The molecule has 96 valence electrons. The molecule has 1 atom stereocenters. The summed E-state index contributed by atoms with van der Waals surface area (Å²) in [7, 11) is 1.82. The Labute approximate surface area is 113 Å². The Hall–Kier alpha value is -1.27. The van der Waals surface area contributed by atoms with Gasteiger partial charge < -0.3 is 5.32 Å². The van der Waals surface area contributed by atoms with Crippen LogP contribution in [-0.2, 0) is 7.05 Å². The minimum absolute atomic E-state index is 0.139. The van der Waals surface area contributed by atoms with Gasteiger partial charge in [0.2, 0.25) is 0 Å². The second-order valence-electron chi connectivity index (χ2n) is 3.92. The molecule has 18 heavy (non-hydrogen) atoms. The topological polar surface area (TPSA) is 42.7 Å². The lowest BCUT2D eigenvalue weighted by atomic mass is 10.0. The summed E-state index contributed by atoms with van der Waals surface area (Å²) in [5, 5.41) is 11.1. The molecule has 1 heterocycles. The Morgan fingerprint density at radius 1 is 1.50 bits per heavy atom. The van der Waals surface area contributed by atoms with Crippen LogP contribution < -0.4 is 5.32 Å². The lowest BCUT2D eigenvalue weighted by Crippen LogP contribution is -2.24. The summed E-state index contributed by atoms with van der Waals surface area (Å²) in [5.74, 6) is -0.273. The number of hydrogen-bond acceptors (Lipinski definition) is 3. The molecule has 0 bridgehead atoms. The van der Waals surface area contributed by atoms with Crippen LogP contribution in [0.3, 0.4) is 0 Å². The summed E-state index contributed by atoms with van der Waals surface area (Å²) in [6, 6.07) is 4.87. The van der Waals surface area contributed by atoms with Crippen molar-refractivity contribution >= 4 is 15.9 Å². The number of aryl methyl sites for hydroxylation is 1. The third kappa shape index (κ3) is 2.44. The summed E-state index contributed by atoms with van der Waals surface area (Å²) in [6.07, 6.45) is 1.69. The minimum atomic E-state index is -0.273. The summed E-state index contributed by atoms with van der Waals surface area (Å²) in [6.45, 7) is 2.77. The van der Waals surface area contributed by atoms with Gasteiger partial charge in [0.15, 0.2) is 0 Å². The first kappa shape index (κ1) is 13.2. The fourth-order valence-corrected chi connectivity index (χ4v) is 2.37. The van der Waals surface area contributed by atoms with E-state index >= 15 is 0 Å². The monoisotopic (exact) mass is 312 g/mol. The molecule has 4 nitrogen and oxygen atoms in total. The molecule has 2 rings (SSSR count). The van der Waals surface area contributed by atoms with Crippen molar-refractivity contribution in [3.63, 3.8) is 0 Å². The second-order valence-corrected chi connectivity index (χ2v) is 4.71. The van der Waals surface area contributed by atoms with Crippen LogP contribution in [0.5, 0.6) is 0 Å². The van der Waals surface area contributed by atoms with Gasteiger partial charge in [-0.05, 0) is 34.1 Å². The van der Waals surface area contributed by atoms with Crippen LogP contribution in [0.15, 0.2) is 28.9 Å². The Morgan fingerprint density at radius 3 is 2.89 bits per heavy atom. The van der Waals surface area contributed by atoms with Gasteiger partial charge in [0, 0.05) is 7.05 Å². The highest BCUT2D eigenvalue weighted by Crippen LogP contribution is 2.29. The summed E-state index contributed by atoms with van der Waals surface area (Å²) in [4.78, 5) is 0. The molecule has 0 radical (unpaired) electrons. The van der Waals surface area contributed by atoms with E-state index in [0.29, 0.717) is 4.47 Å². The van der Waals surface area contributed by atoms with Gasteiger partial charge in [0.05, 0.1) is 22.4 Å². The zero-order valence-electron chi connectivity index (χ0n) is 10.2. The van der Waals surface area contributed by atoms with E-state index in [4.69, 9.17) is 0 Å². The fraction of sp³-hybridized carbons (Fsp3) is 0.333. The third-order valence-electron chi connectivity index (χ3n) is 2.75. The number of benzene rings is 1. The van der Waals surface area contributed by atoms with Crippen LogP contribution in [0.2, 0.25) is 0 Å². The smallest absolute Gasteiger partial charge is 0.137 e. The van der Waals surface area contributed by atoms with E-state index < -0.39 is 0 Å². The number of rotatable bonds is 4. The minimum Gasteiger partial charge on any atom is -0.305 e. The first-order chi connectivity index (χ1) is 8.65. The molecule has 2 aromatic rings. The molecule has 0 amide bonds. The average molecular weight is 313 g/mol. The van der Waals surface area contributed by atoms with E-state index in [9.17, 15) is 4.39 Å². The molecule has 1 unspecified atom stereocenters. The van der Waals surface area contributed by atoms with Crippen molar-refractivity contribution in [2.24, 2.45) is 7.05 Å². The lowest BCUT2D eigenvalue weighted by molar-refractivity contribution is 0.557. The zero-order valence-corrected chi connectivity index (χ0v) is 11.8. The van der Waals surface area contributed by atoms with Crippen LogP contribution >= 0.6 is 15.9 Å². The molecule has 0 aliphatic rings. The van der Waals surface area contributed by atoms with E-state index in [1.165, 1.54) is 6.07 Å². The maximum atomic E-state index is 13.6. The number of hydrogen-bond donors (Lipinski definition) is 1. The first-order valence-corrected chi connectivity index (χ1v) is 6.46. The van der Waals surface area contributed by atoms with Crippen molar-refractivity contribution in [3.05, 3.63) is 45.9 Å². The van der Waals surface area contributed by atoms with Crippen LogP contribution in [0.1, 0.15) is 24.2 Å². The van der Waals surface area contributed by atoms with Crippen molar-refractivity contribution in [1.29, 1.82) is 0 Å². The molecule has 0 aliphatic carbocycles. The number of halogens is 2. The zero-order chi connectivity index (χ0) is 13.1. The molecule has 0 spiro atoms. The largest absolute Gasteiger partial charge is 0.305 e. The van der Waals surface area contributed by atoms with Crippen LogP contribution in [-0.4, -0.2) is 21.5 Å². The highest BCUT2D eigenvalue weighted by molar-refractivity contribution is 9.10. The SMILES string of the molecule is CCNC(c1cccc(F)c1Br)c1cnnn1C. The third-order valence-corrected chi connectivity index (χ3v) is 3.58. The summed E-state index contributed by atoms with van der Waals surface area (Å²) in [5.41, 5.74) is 1.73. The van der Waals surface area contributed by atoms with Crippen LogP contribution in [0, 0.1) is 5.82 Å². The summed E-state index contributed by atoms with van der Waals surface area (Å²) >= 11 is 3.30. The van der Waals surface area contributed by atoms with E-state index in [2.05, 4.69) is 31.6 Å². The highest BCUT2D eigenvalue weighted by Gasteiger charge is 2.20. The van der Waals surface area contributed by atoms with Gasteiger partial charge >= 0.3 is 0 Å². The van der Waals surface area contributed by atoms with Gasteiger partial charge in [-0.25, -0.2) is 4.39 Å². The van der Waals surface area contributed by atoms with Gasteiger partial charge in [0.1, 0.15) is 5.82 Å². The molecule has 0 fully saturated rings. The van der Waals surface area contributed by atoms with Crippen molar-refractivity contribution in [2.75, 3.05) is 6.54 Å². The van der Waals surface area contributed by atoms with Gasteiger partial charge in [-0.2, -0.15) is 0 Å². The molecule has 1 aromatic carbocycles. The van der Waals surface area contributed by atoms with Gasteiger partial charge in [-0.1, -0.05) is 24.3 Å². The second kappa shape index (κ2) is 5.58. The maximum absolute atomic E-state index is 13.6. The van der Waals surface area contributed by atoms with Gasteiger partial charge in [-0.15, -0.1) is 5.10 Å². The molecule has 0 saturated heterocycles. The van der Waals surface area contributed by atoms with Gasteiger partial charge in [0.25, 0.3) is 0 Å². The Balaban J connectivity index is 2.48. The van der Waals surface area contributed by atoms with Crippen molar-refractivity contribution in [2.45, 2.75) is 13.0 Å². The van der Waals surface area contributed by atoms with Crippen molar-refractivity contribution < 1.29 is 4.39 Å². The molecule has 6 heteroatoms. The van der Waals surface area contributed by atoms with E-state index in [1.54, 1.807) is 16.9 Å². The number of aromatic nitrogens is 3. The molecular formula is C12H14BrFN4. The Morgan fingerprint density at radius 2 is 2.28 bits per heavy atom. The number of nitrogens with zero attached hydrogens (tertiary/aromatic N) is 3. The molecular weight excluding hydrogens is 299 g/mol. The molecule has 0 saturated carbocycles. The summed E-state index contributed by atoms with van der Waals surface area (Å²) < 4.78 is 15.8. The quantitative estimate of drug-likeness (QED) is 0.943.